The fourth-order valence-electron chi connectivity index (χ4n) is 1.61. The van der Waals surface area contributed by atoms with Crippen LogP contribution in [0.5, 0.6) is 0 Å². The molecular weight excluding hydrogens is 343 g/mol. The topological polar surface area (TPSA) is 25.8 Å². The molecule has 0 aromatic carbocycles. The molecule has 88 valence electrons. The van der Waals surface area contributed by atoms with E-state index in [4.69, 9.17) is 23.2 Å². The van der Waals surface area contributed by atoms with Gasteiger partial charge in [0.05, 0.1) is 19.4 Å². The molecule has 17 heavy (non-hydrogen) atoms. The summed E-state index contributed by atoms with van der Waals surface area (Å²) in [6.45, 7) is 0. The van der Waals surface area contributed by atoms with Crippen molar-refractivity contribution >= 4 is 50.5 Å². The van der Waals surface area contributed by atoms with Crippen LogP contribution in [0.15, 0.2) is 16.6 Å². The second-order valence-electron chi connectivity index (χ2n) is 3.92. The number of hydrogen-bond donors (Lipinski definition) is 0. The van der Waals surface area contributed by atoms with Crippen LogP contribution in [0, 0.1) is 0 Å². The molecular formula is C11H7BrCl2N2S. The highest BCUT2D eigenvalue weighted by Crippen LogP contribution is 2.44. The normalized spacial score (nSPS) is 15.2. The summed E-state index contributed by atoms with van der Waals surface area (Å²) < 4.78 is 1.56. The number of halogens is 3. The number of rotatable bonds is 2. The highest BCUT2D eigenvalue weighted by molar-refractivity contribution is 9.10. The smallest absolute Gasteiger partial charge is 0.171 e. The van der Waals surface area contributed by atoms with Crippen LogP contribution in [0.2, 0.25) is 9.49 Å². The Morgan fingerprint density at radius 3 is 2.59 bits per heavy atom. The lowest BCUT2D eigenvalue weighted by Crippen LogP contribution is -1.96. The zero-order chi connectivity index (χ0) is 12.0. The van der Waals surface area contributed by atoms with Crippen molar-refractivity contribution in [1.29, 1.82) is 0 Å². The van der Waals surface area contributed by atoms with E-state index >= 15 is 0 Å². The van der Waals surface area contributed by atoms with Gasteiger partial charge in [-0.25, -0.2) is 9.97 Å². The number of aromatic nitrogens is 2. The summed E-state index contributed by atoms with van der Waals surface area (Å²) in [7, 11) is 0. The molecule has 1 aliphatic carbocycles. The zero-order valence-electron chi connectivity index (χ0n) is 8.58. The molecule has 0 spiro atoms. The summed E-state index contributed by atoms with van der Waals surface area (Å²) in [6, 6.07) is 3.76. The second-order valence-corrected chi connectivity index (χ2v) is 6.78. The van der Waals surface area contributed by atoms with Crippen LogP contribution >= 0.6 is 50.5 Å². The van der Waals surface area contributed by atoms with E-state index in [0.29, 0.717) is 16.9 Å². The van der Waals surface area contributed by atoms with Crippen molar-refractivity contribution in [2.45, 2.75) is 18.8 Å². The number of nitrogens with zero attached hydrogens (tertiary/aromatic N) is 2. The Bertz CT molecular complexity index is 581. The third kappa shape index (κ3) is 2.36. The minimum atomic E-state index is 0.474. The Kier molecular flexibility index (Phi) is 3.15. The largest absolute Gasteiger partial charge is 0.231 e. The molecule has 0 radical (unpaired) electrons. The highest BCUT2D eigenvalue weighted by atomic mass is 79.9. The van der Waals surface area contributed by atoms with E-state index in [1.165, 1.54) is 24.2 Å². The Balaban J connectivity index is 2.11. The molecule has 6 heteroatoms. The second kappa shape index (κ2) is 4.50. The standard InChI is InChI=1S/C11H7BrCl2N2S/c12-8-9(5-1-2-5)15-11(16-10(8)14)6-3-4-7(13)17-6/h3-5H,1-2H2. The van der Waals surface area contributed by atoms with Gasteiger partial charge in [0.2, 0.25) is 0 Å². The van der Waals surface area contributed by atoms with E-state index < -0.39 is 0 Å². The van der Waals surface area contributed by atoms with Crippen molar-refractivity contribution in [3.8, 4) is 10.7 Å². The van der Waals surface area contributed by atoms with Gasteiger partial charge in [0.25, 0.3) is 0 Å². The van der Waals surface area contributed by atoms with Gasteiger partial charge in [0.15, 0.2) is 5.82 Å². The highest BCUT2D eigenvalue weighted by Gasteiger charge is 2.29. The summed E-state index contributed by atoms with van der Waals surface area (Å²) >= 11 is 17.0. The van der Waals surface area contributed by atoms with Crippen molar-refractivity contribution in [3.63, 3.8) is 0 Å². The molecule has 1 fully saturated rings. The van der Waals surface area contributed by atoms with E-state index in [2.05, 4.69) is 25.9 Å². The van der Waals surface area contributed by atoms with Gasteiger partial charge >= 0.3 is 0 Å². The number of hydrogen-bond acceptors (Lipinski definition) is 3. The maximum absolute atomic E-state index is 6.12. The van der Waals surface area contributed by atoms with Crippen molar-refractivity contribution in [2.24, 2.45) is 0 Å². The minimum Gasteiger partial charge on any atom is -0.231 e. The predicted octanol–water partition coefficient (Wildman–Crippen LogP) is 5.15. The van der Waals surface area contributed by atoms with Crippen molar-refractivity contribution < 1.29 is 0 Å². The molecule has 1 saturated carbocycles. The molecule has 2 heterocycles. The molecule has 2 nitrogen and oxygen atoms in total. The molecule has 0 unspecified atom stereocenters. The summed E-state index contributed by atoms with van der Waals surface area (Å²) in [4.78, 5) is 9.82. The van der Waals surface area contributed by atoms with Gasteiger partial charge in [-0.3, -0.25) is 0 Å². The van der Waals surface area contributed by atoms with Crippen LogP contribution in [-0.4, -0.2) is 9.97 Å². The number of thiophene rings is 1. The van der Waals surface area contributed by atoms with Gasteiger partial charge in [-0.15, -0.1) is 11.3 Å². The summed E-state index contributed by atoms with van der Waals surface area (Å²) in [5, 5.41) is 0.474. The molecule has 0 aliphatic heterocycles. The molecule has 2 aromatic heterocycles. The molecule has 0 amide bonds. The van der Waals surface area contributed by atoms with E-state index in [9.17, 15) is 0 Å². The maximum Gasteiger partial charge on any atom is 0.171 e. The fourth-order valence-corrected chi connectivity index (χ4v) is 3.26. The maximum atomic E-state index is 6.12. The van der Waals surface area contributed by atoms with E-state index in [-0.39, 0.29) is 0 Å². The quantitative estimate of drug-likeness (QED) is 0.700. The first-order chi connectivity index (χ1) is 8.15. The Morgan fingerprint density at radius 1 is 1.24 bits per heavy atom. The molecule has 2 aromatic rings. The van der Waals surface area contributed by atoms with E-state index in [1.807, 2.05) is 12.1 Å². The molecule has 3 rings (SSSR count). The summed E-state index contributed by atoms with van der Waals surface area (Å²) in [5.41, 5.74) is 1.02. The van der Waals surface area contributed by atoms with E-state index in [1.54, 1.807) is 0 Å². The van der Waals surface area contributed by atoms with Gasteiger partial charge in [-0.2, -0.15) is 0 Å². The van der Waals surface area contributed by atoms with Crippen molar-refractivity contribution in [3.05, 3.63) is 31.8 Å². The third-order valence-corrected chi connectivity index (χ3v) is 5.10. The minimum absolute atomic E-state index is 0.474. The average molecular weight is 350 g/mol. The van der Waals surface area contributed by atoms with Gasteiger partial charge in [-0.1, -0.05) is 23.2 Å². The SMILES string of the molecule is Clc1ccc(-c2nc(Cl)c(Br)c(C3CC3)n2)s1. The molecule has 0 atom stereocenters. The lowest BCUT2D eigenvalue weighted by Gasteiger charge is -2.05. The van der Waals surface area contributed by atoms with Gasteiger partial charge < -0.3 is 0 Å². The van der Waals surface area contributed by atoms with Crippen molar-refractivity contribution in [1.82, 2.24) is 9.97 Å². The summed E-state index contributed by atoms with van der Waals surface area (Å²) in [5.74, 6) is 1.19. The molecule has 0 N–H and O–H groups in total. The monoisotopic (exact) mass is 348 g/mol. The molecule has 0 bridgehead atoms. The van der Waals surface area contributed by atoms with Crippen molar-refractivity contribution in [2.75, 3.05) is 0 Å². The first-order valence-electron chi connectivity index (χ1n) is 5.14. The lowest BCUT2D eigenvalue weighted by atomic mass is 10.3. The van der Waals surface area contributed by atoms with Crippen LogP contribution in [0.1, 0.15) is 24.5 Å². The fraction of sp³-hybridized carbons (Fsp3) is 0.273. The van der Waals surface area contributed by atoms with Crippen LogP contribution in [0.25, 0.3) is 10.7 Å². The Labute approximate surface area is 121 Å². The predicted molar refractivity (Wildman–Crippen MR) is 75.0 cm³/mol. The first-order valence-corrected chi connectivity index (χ1v) is 7.50. The van der Waals surface area contributed by atoms with Gasteiger partial charge in [-0.05, 0) is 40.9 Å². The molecule has 1 aliphatic rings. The van der Waals surface area contributed by atoms with Gasteiger partial charge in [0.1, 0.15) is 5.15 Å². The zero-order valence-corrected chi connectivity index (χ0v) is 12.5. The van der Waals surface area contributed by atoms with Gasteiger partial charge in [0, 0.05) is 5.92 Å². The van der Waals surface area contributed by atoms with Crippen LogP contribution in [0.3, 0.4) is 0 Å². The van der Waals surface area contributed by atoms with Crippen LogP contribution in [0.4, 0.5) is 0 Å². The third-order valence-electron chi connectivity index (χ3n) is 2.59. The Morgan fingerprint density at radius 2 is 2.00 bits per heavy atom. The average Bonchev–Trinajstić information content (AvgIpc) is 3.05. The Hall–Kier alpha value is -0.160. The van der Waals surface area contributed by atoms with Crippen LogP contribution in [-0.2, 0) is 0 Å². The molecule has 0 saturated heterocycles. The van der Waals surface area contributed by atoms with Crippen LogP contribution < -0.4 is 0 Å². The summed E-state index contributed by atoms with van der Waals surface area (Å²) in [6.07, 6.45) is 2.35. The van der Waals surface area contributed by atoms with E-state index in [0.717, 1.165) is 19.4 Å². The lowest BCUT2D eigenvalue weighted by molar-refractivity contribution is 0.982. The first kappa shape index (κ1) is 11.9.